The van der Waals surface area contributed by atoms with Gasteiger partial charge in [0, 0.05) is 6.42 Å². The van der Waals surface area contributed by atoms with E-state index in [-0.39, 0.29) is 0 Å². The van der Waals surface area contributed by atoms with Crippen LogP contribution in [-0.4, -0.2) is 166 Å². The molecule has 0 heterocycles. The van der Waals surface area contributed by atoms with E-state index in [2.05, 4.69) is 47.9 Å². The van der Waals surface area contributed by atoms with E-state index in [0.29, 0.717) is 0 Å². The van der Waals surface area contributed by atoms with Gasteiger partial charge in [-0.2, -0.15) is 0 Å². The number of carboxylic acid groups (broad SMARTS) is 1. The van der Waals surface area contributed by atoms with Crippen LogP contribution in [0.15, 0.2) is 0 Å². The Morgan fingerprint density at radius 1 is 0.492 bits per heavy atom. The van der Waals surface area contributed by atoms with Gasteiger partial charge in [0.1, 0.15) is 48.3 Å². The predicted octanol–water partition coefficient (Wildman–Crippen LogP) is -9.50. The van der Waals surface area contributed by atoms with E-state index in [1.54, 1.807) is 0 Å². The molecule has 12 amide bonds. The van der Waals surface area contributed by atoms with Crippen LogP contribution in [0.25, 0.3) is 0 Å². The number of primary amides is 3. The highest BCUT2D eigenvalue weighted by Gasteiger charge is 2.35. The van der Waals surface area contributed by atoms with Gasteiger partial charge in [0.05, 0.1) is 38.1 Å². The van der Waals surface area contributed by atoms with E-state index in [1.807, 2.05) is 0 Å². The maximum absolute atomic E-state index is 13.3. The van der Waals surface area contributed by atoms with Crippen molar-refractivity contribution >= 4 is 76.9 Å². The lowest BCUT2D eigenvalue weighted by Crippen LogP contribution is -2.61. The summed E-state index contributed by atoms with van der Waals surface area (Å²) in [6.45, 7) is 5.82. The number of carbonyl (C=O) groups excluding carboxylic acids is 12. The van der Waals surface area contributed by atoms with Crippen LogP contribution in [0.1, 0.15) is 67.2 Å². The van der Waals surface area contributed by atoms with Gasteiger partial charge in [0.2, 0.25) is 70.9 Å². The molecule has 10 atom stereocenters. The zero-order valence-electron chi connectivity index (χ0n) is 36.6. The van der Waals surface area contributed by atoms with E-state index < -0.39 is 182 Å². The second kappa shape index (κ2) is 27.9. The van der Waals surface area contributed by atoms with Crippen molar-refractivity contribution in [2.45, 2.75) is 128 Å². The average Bonchev–Trinajstić information content (AvgIpc) is 3.19. The second-order valence-corrected chi connectivity index (χ2v) is 15.1. The lowest BCUT2D eigenvalue weighted by Gasteiger charge is -2.27. The van der Waals surface area contributed by atoms with Crippen molar-refractivity contribution in [3.8, 4) is 0 Å². The third kappa shape index (κ3) is 21.8. The van der Waals surface area contributed by atoms with E-state index >= 15 is 0 Å². The fraction of sp³-hybridized carbons (Fsp3) is 0.639. The molecule has 0 spiro atoms. The molecule has 29 nitrogen and oxygen atoms in total. The molecule has 0 saturated carbocycles. The molecule has 0 unspecified atom stereocenters. The average molecular weight is 932 g/mol. The lowest BCUT2D eigenvalue weighted by molar-refractivity contribution is -0.142. The van der Waals surface area contributed by atoms with Crippen molar-refractivity contribution in [3.63, 3.8) is 0 Å². The highest BCUT2D eigenvalue weighted by Crippen LogP contribution is 2.06. The molecule has 0 aromatic carbocycles. The first kappa shape index (κ1) is 58.0. The van der Waals surface area contributed by atoms with Gasteiger partial charge in [-0.25, -0.2) is 0 Å². The van der Waals surface area contributed by atoms with E-state index in [9.17, 15) is 72.5 Å². The van der Waals surface area contributed by atoms with Crippen molar-refractivity contribution in [3.05, 3.63) is 0 Å². The van der Waals surface area contributed by atoms with Crippen LogP contribution in [0.2, 0.25) is 0 Å². The summed E-state index contributed by atoms with van der Waals surface area (Å²) in [7, 11) is 0. The first-order valence-corrected chi connectivity index (χ1v) is 19.8. The Balaban J connectivity index is 5.85. The first-order valence-electron chi connectivity index (χ1n) is 19.8. The smallest absolute Gasteiger partial charge is 0.325 e. The highest BCUT2D eigenvalue weighted by atomic mass is 16.4. The molecule has 29 heteroatoms. The number of rotatable bonds is 29. The molecule has 0 rings (SSSR count). The van der Waals surface area contributed by atoms with Gasteiger partial charge < -0.3 is 86.1 Å². The summed E-state index contributed by atoms with van der Waals surface area (Å²) in [5.41, 5.74) is 21.1. The van der Waals surface area contributed by atoms with Crippen molar-refractivity contribution in [1.82, 2.24) is 47.9 Å². The standard InChI is InChI=1S/C36H61N13O16/c1-13(2)26(34(62)43-16(5)36(64)65)49-32(60)20(10-24(40)54)46-35(63)27(17(6)51)48-25(55)11-41-29(57)15(4)42-31(59)19(9-23(39)53)45-30(58)18(7-8-22(38)52)44-33(61)21(12-50)47-28(56)14(3)37/h13-21,26-27,50-51H,7-12,37H2,1-6H3,(H2,38,52)(H2,39,53)(H2,40,54)(H,41,57)(H,42,59)(H,43,62)(H,44,61)(H,45,58)(H,46,63)(H,47,56)(H,48,55)(H,49,60)(H,64,65)/t14-,15-,16-,17+,18-,19-,20-,21-,26-,27-/m0/s1. The molecule has 0 saturated heterocycles. The summed E-state index contributed by atoms with van der Waals surface area (Å²) in [6, 6.07) is -14.0. The molecule has 0 aliphatic heterocycles. The Kier molecular flexibility index (Phi) is 24.9. The number of nitrogens with one attached hydrogen (secondary N) is 9. The second-order valence-electron chi connectivity index (χ2n) is 15.1. The first-order chi connectivity index (χ1) is 30.0. The predicted molar refractivity (Wildman–Crippen MR) is 221 cm³/mol. The largest absolute Gasteiger partial charge is 0.480 e. The Labute approximate surface area is 371 Å². The van der Waals surface area contributed by atoms with Crippen molar-refractivity contribution in [2.24, 2.45) is 28.9 Å². The number of hydrogen-bond donors (Lipinski definition) is 16. The Bertz CT molecular complexity index is 1790. The molecular weight excluding hydrogens is 870 g/mol. The number of aliphatic carboxylic acids is 1. The summed E-state index contributed by atoms with van der Waals surface area (Å²) in [5, 5.41) is 48.6. The Morgan fingerprint density at radius 2 is 0.923 bits per heavy atom. The maximum atomic E-state index is 13.3. The van der Waals surface area contributed by atoms with Gasteiger partial charge in [-0.1, -0.05) is 13.8 Å². The van der Waals surface area contributed by atoms with Crippen molar-refractivity contribution < 1.29 is 77.6 Å². The number of amides is 12. The zero-order chi connectivity index (χ0) is 50.5. The van der Waals surface area contributed by atoms with Crippen molar-refractivity contribution in [2.75, 3.05) is 13.2 Å². The van der Waals surface area contributed by atoms with Gasteiger partial charge in [-0.15, -0.1) is 0 Å². The van der Waals surface area contributed by atoms with E-state index in [1.165, 1.54) is 27.7 Å². The number of aliphatic hydroxyl groups is 2. The molecule has 0 aliphatic rings. The minimum Gasteiger partial charge on any atom is -0.480 e. The molecule has 0 aromatic rings. The fourth-order valence-corrected chi connectivity index (χ4v) is 5.16. The fourth-order valence-electron chi connectivity index (χ4n) is 5.16. The van der Waals surface area contributed by atoms with E-state index in [4.69, 9.17) is 28.0 Å². The van der Waals surface area contributed by atoms with Gasteiger partial charge in [-0.3, -0.25) is 62.3 Å². The molecule has 366 valence electrons. The summed E-state index contributed by atoms with van der Waals surface area (Å²) in [6.07, 6.45) is -4.31. The van der Waals surface area contributed by atoms with Crippen LogP contribution in [-0.2, 0) is 62.3 Å². The molecule has 65 heavy (non-hydrogen) atoms. The van der Waals surface area contributed by atoms with Gasteiger partial charge in [0.15, 0.2) is 0 Å². The van der Waals surface area contributed by atoms with Gasteiger partial charge >= 0.3 is 5.97 Å². The molecule has 0 radical (unpaired) electrons. The maximum Gasteiger partial charge on any atom is 0.325 e. The van der Waals surface area contributed by atoms with Crippen molar-refractivity contribution in [1.29, 1.82) is 0 Å². The number of hydrogen-bond acceptors (Lipinski definition) is 16. The zero-order valence-corrected chi connectivity index (χ0v) is 36.6. The van der Waals surface area contributed by atoms with Crippen LogP contribution in [0.5, 0.6) is 0 Å². The quantitative estimate of drug-likeness (QED) is 0.0331. The van der Waals surface area contributed by atoms with Crippen LogP contribution in [0.4, 0.5) is 0 Å². The van der Waals surface area contributed by atoms with Crippen LogP contribution in [0.3, 0.4) is 0 Å². The van der Waals surface area contributed by atoms with Gasteiger partial charge in [-0.05, 0) is 40.0 Å². The minimum absolute atomic E-state index is 0.464. The molecule has 0 aromatic heterocycles. The highest BCUT2D eigenvalue weighted by molar-refractivity contribution is 5.99. The van der Waals surface area contributed by atoms with Crippen LogP contribution >= 0.6 is 0 Å². The molecule has 0 aliphatic carbocycles. The number of carboxylic acids is 1. The normalized spacial score (nSPS) is 15.5. The SMILES string of the molecule is CC(C)[C@H](NC(=O)[C@H](CC(N)=O)NC(=O)[C@@H](NC(=O)CNC(=O)[C@H](C)NC(=O)[C@H](CC(N)=O)NC(=O)[C@H](CCC(N)=O)NC(=O)[C@H](CO)NC(=O)[C@H](C)N)[C@@H](C)O)C(=O)N[C@@H](C)C(=O)O. The van der Waals surface area contributed by atoms with Crippen LogP contribution < -0.4 is 70.8 Å². The topological polar surface area (TPSA) is 495 Å². The summed E-state index contributed by atoms with van der Waals surface area (Å²) >= 11 is 0. The molecule has 0 bridgehead atoms. The summed E-state index contributed by atoms with van der Waals surface area (Å²) in [4.78, 5) is 162. The Hall–Kier alpha value is -7.01. The third-order valence-corrected chi connectivity index (χ3v) is 8.85. The summed E-state index contributed by atoms with van der Waals surface area (Å²) < 4.78 is 0. The Morgan fingerprint density at radius 3 is 1.37 bits per heavy atom. The molecule has 0 fully saturated rings. The van der Waals surface area contributed by atoms with Crippen LogP contribution in [0, 0.1) is 5.92 Å². The lowest BCUT2D eigenvalue weighted by atomic mass is 10.0. The molecule has 20 N–H and O–H groups in total. The van der Waals surface area contributed by atoms with E-state index in [0.717, 1.165) is 13.8 Å². The molecular formula is C36H61N13O16. The minimum atomic E-state index is -1.84. The number of carbonyl (C=O) groups is 13. The van der Waals surface area contributed by atoms with Gasteiger partial charge in [0.25, 0.3) is 0 Å². The third-order valence-electron chi connectivity index (χ3n) is 8.85. The number of nitrogens with two attached hydrogens (primary N) is 4. The monoisotopic (exact) mass is 931 g/mol. The summed E-state index contributed by atoms with van der Waals surface area (Å²) in [5.74, 6) is -14.8. The number of aliphatic hydroxyl groups excluding tert-OH is 2.